The first kappa shape index (κ1) is 15.9. The van der Waals surface area contributed by atoms with Crippen LogP contribution in [0.5, 0.6) is 0 Å². The number of thioether (sulfide) groups is 1. The lowest BCUT2D eigenvalue weighted by molar-refractivity contribution is -0.142. The molecule has 2 atom stereocenters. The van der Waals surface area contributed by atoms with Crippen LogP contribution in [0.1, 0.15) is 6.92 Å². The summed E-state index contributed by atoms with van der Waals surface area (Å²) in [6, 6.07) is 7.51. The zero-order valence-electron chi connectivity index (χ0n) is 12.8. The molecule has 2 aliphatic heterocycles. The van der Waals surface area contributed by atoms with E-state index in [-0.39, 0.29) is 30.8 Å². The van der Waals surface area contributed by atoms with Gasteiger partial charge in [0, 0.05) is 18.0 Å². The maximum absolute atomic E-state index is 12.5. The number of hydrogen-bond donors (Lipinski definition) is 1. The summed E-state index contributed by atoms with van der Waals surface area (Å²) in [4.78, 5) is 39.9. The molecule has 1 aromatic rings. The summed E-state index contributed by atoms with van der Waals surface area (Å²) in [5.74, 6) is -1.45. The van der Waals surface area contributed by atoms with Crippen molar-refractivity contribution >= 4 is 35.2 Å². The third-order valence-corrected chi connectivity index (χ3v) is 5.43. The molecule has 0 aliphatic carbocycles. The Bertz CT molecular complexity index is 663. The zero-order valence-corrected chi connectivity index (χ0v) is 13.6. The minimum Gasteiger partial charge on any atom is -0.481 e. The lowest BCUT2D eigenvalue weighted by atomic mass is 9.99. The highest BCUT2D eigenvalue weighted by atomic mass is 32.2. The molecule has 23 heavy (non-hydrogen) atoms. The van der Waals surface area contributed by atoms with Crippen LogP contribution in [0.4, 0.5) is 5.69 Å². The van der Waals surface area contributed by atoms with Gasteiger partial charge in [0.05, 0.1) is 17.4 Å². The summed E-state index contributed by atoms with van der Waals surface area (Å²) in [7, 11) is 0. The summed E-state index contributed by atoms with van der Waals surface area (Å²) in [6.45, 7) is 2.45. The van der Waals surface area contributed by atoms with Crippen molar-refractivity contribution in [2.45, 2.75) is 11.8 Å². The van der Waals surface area contributed by atoms with Gasteiger partial charge in [0.15, 0.2) is 0 Å². The molecule has 0 unspecified atom stereocenters. The molecule has 6 nitrogen and oxygen atoms in total. The van der Waals surface area contributed by atoms with Crippen molar-refractivity contribution in [3.8, 4) is 0 Å². The predicted octanol–water partition coefficient (Wildman–Crippen LogP) is 1.30. The van der Waals surface area contributed by atoms with Crippen LogP contribution in [-0.2, 0) is 14.4 Å². The van der Waals surface area contributed by atoms with E-state index in [2.05, 4.69) is 0 Å². The first-order valence-electron chi connectivity index (χ1n) is 7.50. The van der Waals surface area contributed by atoms with Crippen molar-refractivity contribution in [2.75, 3.05) is 30.3 Å². The zero-order chi connectivity index (χ0) is 16.6. The molecule has 3 rings (SSSR count). The summed E-state index contributed by atoms with van der Waals surface area (Å²) in [6.07, 6.45) is 0. The van der Waals surface area contributed by atoms with Gasteiger partial charge in [-0.3, -0.25) is 14.4 Å². The molecule has 1 saturated heterocycles. The van der Waals surface area contributed by atoms with Crippen molar-refractivity contribution in [1.82, 2.24) is 4.90 Å². The van der Waals surface area contributed by atoms with Crippen LogP contribution in [0.3, 0.4) is 0 Å². The second-order valence-corrected chi connectivity index (χ2v) is 6.97. The molecule has 1 N–H and O–H groups in total. The first-order valence-corrected chi connectivity index (χ1v) is 8.48. The van der Waals surface area contributed by atoms with Gasteiger partial charge in [-0.1, -0.05) is 19.1 Å². The third kappa shape index (κ3) is 3.06. The molecule has 7 heteroatoms. The van der Waals surface area contributed by atoms with Gasteiger partial charge in [-0.25, -0.2) is 0 Å². The van der Waals surface area contributed by atoms with Crippen molar-refractivity contribution in [3.63, 3.8) is 0 Å². The molecular formula is C16H18N2O4S. The number of carbonyl (C=O) groups is 3. The van der Waals surface area contributed by atoms with Crippen molar-refractivity contribution in [3.05, 3.63) is 24.3 Å². The van der Waals surface area contributed by atoms with Gasteiger partial charge in [-0.05, 0) is 18.1 Å². The molecule has 0 bridgehead atoms. The normalized spacial score (nSPS) is 23.8. The van der Waals surface area contributed by atoms with Crippen LogP contribution in [0.2, 0.25) is 0 Å². The van der Waals surface area contributed by atoms with E-state index in [0.29, 0.717) is 12.3 Å². The average Bonchev–Trinajstić information content (AvgIpc) is 2.92. The first-order chi connectivity index (χ1) is 11.0. The molecule has 0 spiro atoms. The number of fused-ring (bicyclic) bond motifs is 1. The average molecular weight is 334 g/mol. The van der Waals surface area contributed by atoms with E-state index in [1.165, 1.54) is 16.7 Å². The number of amides is 2. The number of carboxylic acid groups (broad SMARTS) is 1. The minimum absolute atomic E-state index is 0.0323. The molecule has 1 fully saturated rings. The monoisotopic (exact) mass is 334 g/mol. The number of benzene rings is 1. The van der Waals surface area contributed by atoms with Crippen LogP contribution in [0, 0.1) is 11.8 Å². The lowest BCUT2D eigenvalue weighted by Crippen LogP contribution is -2.44. The maximum Gasteiger partial charge on any atom is 0.308 e. The highest BCUT2D eigenvalue weighted by molar-refractivity contribution is 8.00. The molecule has 2 amide bonds. The van der Waals surface area contributed by atoms with Crippen molar-refractivity contribution in [2.24, 2.45) is 11.8 Å². The molecule has 0 aromatic heterocycles. The Morgan fingerprint density at radius 1 is 1.30 bits per heavy atom. The van der Waals surface area contributed by atoms with E-state index in [9.17, 15) is 19.5 Å². The van der Waals surface area contributed by atoms with Gasteiger partial charge in [0.1, 0.15) is 6.54 Å². The predicted molar refractivity (Wildman–Crippen MR) is 86.4 cm³/mol. The third-order valence-electron chi connectivity index (χ3n) is 4.38. The largest absolute Gasteiger partial charge is 0.481 e. The molecule has 0 radical (unpaired) electrons. The van der Waals surface area contributed by atoms with E-state index < -0.39 is 11.9 Å². The number of carboxylic acids is 1. The number of aliphatic carboxylic acids is 1. The number of hydrogen-bond acceptors (Lipinski definition) is 4. The smallest absolute Gasteiger partial charge is 0.308 e. The molecule has 0 saturated carbocycles. The van der Waals surface area contributed by atoms with Gasteiger partial charge in [0.2, 0.25) is 11.8 Å². The lowest BCUT2D eigenvalue weighted by Gasteiger charge is -2.29. The number of para-hydroxylation sites is 1. The Balaban J connectivity index is 1.73. The van der Waals surface area contributed by atoms with Gasteiger partial charge in [0.25, 0.3) is 0 Å². The Hall–Kier alpha value is -2.02. The van der Waals surface area contributed by atoms with Crippen LogP contribution in [-0.4, -0.2) is 53.2 Å². The highest BCUT2D eigenvalue weighted by Gasteiger charge is 2.38. The van der Waals surface area contributed by atoms with Crippen LogP contribution >= 0.6 is 11.8 Å². The summed E-state index contributed by atoms with van der Waals surface area (Å²) >= 11 is 1.47. The maximum atomic E-state index is 12.5. The number of nitrogens with zero attached hydrogens (tertiary/aromatic N) is 2. The number of rotatable bonds is 3. The fourth-order valence-corrected chi connectivity index (χ4v) is 3.99. The topological polar surface area (TPSA) is 77.9 Å². The molecule has 1 aromatic carbocycles. The van der Waals surface area contributed by atoms with Crippen molar-refractivity contribution < 1.29 is 19.5 Å². The fourth-order valence-electron chi connectivity index (χ4n) is 3.05. The van der Waals surface area contributed by atoms with Crippen LogP contribution < -0.4 is 4.90 Å². The molecular weight excluding hydrogens is 316 g/mol. The van der Waals surface area contributed by atoms with Crippen LogP contribution in [0.25, 0.3) is 0 Å². The Morgan fingerprint density at radius 2 is 2.04 bits per heavy atom. The second-order valence-electron chi connectivity index (χ2n) is 5.96. The van der Waals surface area contributed by atoms with Crippen LogP contribution in [0.15, 0.2) is 29.2 Å². The van der Waals surface area contributed by atoms with Gasteiger partial charge < -0.3 is 14.9 Å². The number of carbonyl (C=O) groups excluding carboxylic acids is 2. The van der Waals surface area contributed by atoms with E-state index in [1.54, 1.807) is 4.90 Å². The van der Waals surface area contributed by atoms with E-state index in [4.69, 9.17) is 0 Å². The Morgan fingerprint density at radius 3 is 2.74 bits per heavy atom. The summed E-state index contributed by atoms with van der Waals surface area (Å²) < 4.78 is 0. The SMILES string of the molecule is C[C@@H]1CN(C(=O)CN2C(=O)CSc3ccccc32)C[C@H]1C(=O)O. The highest BCUT2D eigenvalue weighted by Crippen LogP contribution is 2.35. The van der Waals surface area contributed by atoms with Crippen molar-refractivity contribution in [1.29, 1.82) is 0 Å². The minimum atomic E-state index is -0.872. The second kappa shape index (κ2) is 6.23. The molecule has 2 heterocycles. The van der Waals surface area contributed by atoms with Gasteiger partial charge in [-0.15, -0.1) is 11.8 Å². The number of anilines is 1. The van der Waals surface area contributed by atoms with E-state index in [0.717, 1.165) is 10.6 Å². The quantitative estimate of drug-likeness (QED) is 0.902. The standard InChI is InChI=1S/C16H18N2O4S/c1-10-6-17(7-11(10)16(21)22)14(19)8-18-12-4-2-3-5-13(12)23-9-15(18)20/h2-5,10-11H,6-9H2,1H3,(H,21,22)/t10-,11-/m1/s1. The Labute approximate surface area is 138 Å². The summed E-state index contributed by atoms with van der Waals surface area (Å²) in [5.41, 5.74) is 0.754. The van der Waals surface area contributed by atoms with Gasteiger partial charge >= 0.3 is 5.97 Å². The molecule has 122 valence electrons. The molecule has 2 aliphatic rings. The summed E-state index contributed by atoms with van der Waals surface area (Å²) in [5, 5.41) is 9.17. The fraction of sp³-hybridized carbons (Fsp3) is 0.438. The Kier molecular flexibility index (Phi) is 4.30. The number of likely N-dealkylation sites (tertiary alicyclic amines) is 1. The van der Waals surface area contributed by atoms with Gasteiger partial charge in [-0.2, -0.15) is 0 Å². The van der Waals surface area contributed by atoms with E-state index >= 15 is 0 Å². The van der Waals surface area contributed by atoms with E-state index in [1.807, 2.05) is 31.2 Å².